The highest BCUT2D eigenvalue weighted by molar-refractivity contribution is 9.10. The quantitative estimate of drug-likeness (QED) is 0.512. The maximum atomic E-state index is 13.1. The van der Waals surface area contributed by atoms with Crippen molar-refractivity contribution in [2.75, 3.05) is 19.8 Å². The lowest BCUT2D eigenvalue weighted by molar-refractivity contribution is -0.385. The van der Waals surface area contributed by atoms with E-state index in [1.54, 1.807) is 17.0 Å². The Labute approximate surface area is 170 Å². The molecule has 1 fully saturated rings. The van der Waals surface area contributed by atoms with Crippen LogP contribution in [0.25, 0.3) is 0 Å². The van der Waals surface area contributed by atoms with E-state index in [2.05, 4.69) is 15.9 Å². The molecule has 0 radical (unpaired) electrons. The fraction of sp³-hybridized carbons (Fsp3) is 0.350. The zero-order valence-electron chi connectivity index (χ0n) is 15.1. The predicted octanol–water partition coefficient (Wildman–Crippen LogP) is 4.50. The molecule has 2 aromatic rings. The molecule has 0 spiro atoms. The average Bonchev–Trinajstić information content (AvgIpc) is 3.06. The number of rotatable bonds is 3. The van der Waals surface area contributed by atoms with Crippen LogP contribution in [0.4, 0.5) is 5.69 Å². The number of amides is 1. The molecule has 28 heavy (non-hydrogen) atoms. The third kappa shape index (κ3) is 3.56. The molecule has 7 nitrogen and oxygen atoms in total. The monoisotopic (exact) mass is 446 g/mol. The molecule has 2 aliphatic heterocycles. The maximum absolute atomic E-state index is 13.1. The highest BCUT2D eigenvalue weighted by atomic mass is 79.9. The van der Waals surface area contributed by atoms with Gasteiger partial charge in [-0.15, -0.1) is 0 Å². The van der Waals surface area contributed by atoms with Gasteiger partial charge in [-0.25, -0.2) is 0 Å². The van der Waals surface area contributed by atoms with Gasteiger partial charge in [0.2, 0.25) is 0 Å². The van der Waals surface area contributed by atoms with Gasteiger partial charge in [0.15, 0.2) is 11.5 Å². The van der Waals surface area contributed by atoms with E-state index in [1.807, 2.05) is 18.2 Å². The minimum absolute atomic E-state index is 0.0904. The molecular formula is C20H19BrN2O5. The number of hydrogen-bond acceptors (Lipinski definition) is 5. The van der Waals surface area contributed by atoms with Crippen LogP contribution in [0.5, 0.6) is 11.5 Å². The summed E-state index contributed by atoms with van der Waals surface area (Å²) in [6.45, 7) is 1.84. The van der Waals surface area contributed by atoms with Crippen LogP contribution in [0.3, 0.4) is 0 Å². The molecular weight excluding hydrogens is 428 g/mol. The third-order valence-electron chi connectivity index (χ3n) is 5.06. The van der Waals surface area contributed by atoms with Gasteiger partial charge in [-0.2, -0.15) is 0 Å². The minimum atomic E-state index is -0.494. The summed E-state index contributed by atoms with van der Waals surface area (Å²) in [7, 11) is 0. The summed E-state index contributed by atoms with van der Waals surface area (Å²) < 4.78 is 11.8. The summed E-state index contributed by atoms with van der Waals surface area (Å²) >= 11 is 3.16. The maximum Gasteiger partial charge on any atom is 0.284 e. The summed E-state index contributed by atoms with van der Waals surface area (Å²) in [5, 5.41) is 11.2. The molecule has 146 valence electrons. The fourth-order valence-corrected chi connectivity index (χ4v) is 4.09. The van der Waals surface area contributed by atoms with Gasteiger partial charge in [-0.1, -0.05) is 6.07 Å². The molecule has 0 unspecified atom stereocenters. The third-order valence-corrected chi connectivity index (χ3v) is 5.73. The van der Waals surface area contributed by atoms with Crippen molar-refractivity contribution in [3.8, 4) is 11.5 Å². The van der Waals surface area contributed by atoms with Crippen molar-refractivity contribution in [2.24, 2.45) is 0 Å². The highest BCUT2D eigenvalue weighted by Crippen LogP contribution is 2.39. The van der Waals surface area contributed by atoms with Gasteiger partial charge < -0.3 is 14.4 Å². The van der Waals surface area contributed by atoms with Crippen LogP contribution in [-0.4, -0.2) is 35.5 Å². The molecule has 0 aliphatic carbocycles. The number of nitrogens with zero attached hydrogens (tertiary/aromatic N) is 2. The van der Waals surface area contributed by atoms with Crippen LogP contribution >= 0.6 is 15.9 Å². The second-order valence-electron chi connectivity index (χ2n) is 6.84. The zero-order valence-corrected chi connectivity index (χ0v) is 16.7. The average molecular weight is 447 g/mol. The van der Waals surface area contributed by atoms with E-state index in [0.29, 0.717) is 35.5 Å². The van der Waals surface area contributed by atoms with E-state index in [4.69, 9.17) is 9.47 Å². The van der Waals surface area contributed by atoms with Crippen LogP contribution < -0.4 is 9.47 Å². The van der Waals surface area contributed by atoms with Gasteiger partial charge in [0.1, 0.15) is 0 Å². The van der Waals surface area contributed by atoms with Gasteiger partial charge >= 0.3 is 0 Å². The molecule has 1 amide bonds. The Balaban J connectivity index is 1.62. The Morgan fingerprint density at radius 2 is 1.89 bits per heavy atom. The second kappa shape index (κ2) is 7.79. The van der Waals surface area contributed by atoms with E-state index >= 15 is 0 Å². The van der Waals surface area contributed by atoms with E-state index in [1.165, 1.54) is 6.07 Å². The molecule has 0 N–H and O–H groups in total. The Bertz CT molecular complexity index is 933. The summed E-state index contributed by atoms with van der Waals surface area (Å²) in [4.78, 5) is 25.6. The van der Waals surface area contributed by atoms with Crippen molar-refractivity contribution in [3.05, 3.63) is 62.1 Å². The van der Waals surface area contributed by atoms with Gasteiger partial charge in [-0.3, -0.25) is 14.9 Å². The number of ether oxygens (including phenoxy) is 2. The molecule has 2 heterocycles. The lowest BCUT2D eigenvalue weighted by atomic mass is 10.0. The summed E-state index contributed by atoms with van der Waals surface area (Å²) in [6.07, 6.45) is 2.55. The van der Waals surface area contributed by atoms with E-state index in [9.17, 15) is 14.9 Å². The van der Waals surface area contributed by atoms with Crippen molar-refractivity contribution < 1.29 is 19.2 Å². The largest absolute Gasteiger partial charge is 0.490 e. The van der Waals surface area contributed by atoms with Crippen molar-refractivity contribution >= 4 is 27.5 Å². The van der Waals surface area contributed by atoms with Gasteiger partial charge in [0.05, 0.1) is 28.7 Å². The Morgan fingerprint density at radius 1 is 1.11 bits per heavy atom. The molecule has 0 saturated carbocycles. The van der Waals surface area contributed by atoms with Crippen LogP contribution in [0, 0.1) is 10.1 Å². The summed E-state index contributed by atoms with van der Waals surface area (Å²) in [5.74, 6) is 1.22. The Kier molecular flexibility index (Phi) is 5.21. The predicted molar refractivity (Wildman–Crippen MR) is 106 cm³/mol. The molecule has 8 heteroatoms. The summed E-state index contributed by atoms with van der Waals surface area (Å²) in [5.41, 5.74) is 1.19. The second-order valence-corrected chi connectivity index (χ2v) is 7.69. The lowest BCUT2D eigenvalue weighted by Crippen LogP contribution is -2.30. The topological polar surface area (TPSA) is 81.9 Å². The van der Waals surface area contributed by atoms with Crippen molar-refractivity contribution in [1.82, 2.24) is 4.90 Å². The van der Waals surface area contributed by atoms with E-state index in [-0.39, 0.29) is 17.6 Å². The molecule has 1 atom stereocenters. The number of nitro groups is 1. The number of carbonyl (C=O) groups is 1. The molecule has 2 aliphatic rings. The number of carbonyl (C=O) groups excluding carboxylic acids is 1. The normalized spacial score (nSPS) is 18.6. The Hall–Kier alpha value is -2.61. The standard InChI is InChI=1S/C20H19BrN2O5/c21-15-6-4-14(11-17(15)23(25)26)20(24)22-8-1-3-16(22)13-5-7-18-19(12-13)28-10-2-9-27-18/h4-7,11-12,16H,1-3,8-10H2/t16-/m0/s1. The Morgan fingerprint density at radius 3 is 2.68 bits per heavy atom. The van der Waals surface area contributed by atoms with Crippen LogP contribution in [0.1, 0.15) is 41.2 Å². The minimum Gasteiger partial charge on any atom is -0.490 e. The van der Waals surface area contributed by atoms with E-state index in [0.717, 1.165) is 30.6 Å². The van der Waals surface area contributed by atoms with Gasteiger partial charge in [0.25, 0.3) is 11.6 Å². The summed E-state index contributed by atoms with van der Waals surface area (Å²) in [6, 6.07) is 10.2. The van der Waals surface area contributed by atoms with Crippen LogP contribution in [0.15, 0.2) is 40.9 Å². The molecule has 1 saturated heterocycles. The first-order valence-electron chi connectivity index (χ1n) is 9.19. The van der Waals surface area contributed by atoms with Crippen LogP contribution in [0.2, 0.25) is 0 Å². The molecule has 0 bridgehead atoms. The number of benzene rings is 2. The molecule has 4 rings (SSSR count). The number of nitro benzene ring substituents is 1. The smallest absolute Gasteiger partial charge is 0.284 e. The first kappa shape index (κ1) is 18.7. The van der Waals surface area contributed by atoms with Crippen molar-refractivity contribution in [3.63, 3.8) is 0 Å². The lowest BCUT2D eigenvalue weighted by Gasteiger charge is -2.26. The van der Waals surface area contributed by atoms with Crippen molar-refractivity contribution in [1.29, 1.82) is 0 Å². The molecule has 0 aromatic heterocycles. The first-order valence-corrected chi connectivity index (χ1v) is 9.98. The highest BCUT2D eigenvalue weighted by Gasteiger charge is 2.32. The fourth-order valence-electron chi connectivity index (χ4n) is 3.69. The molecule has 2 aromatic carbocycles. The number of fused-ring (bicyclic) bond motifs is 1. The SMILES string of the molecule is O=C(c1ccc(Br)c([N+](=O)[O-])c1)N1CCC[C@H]1c1ccc2c(c1)OCCCO2. The van der Waals surface area contributed by atoms with Gasteiger partial charge in [0, 0.05) is 24.6 Å². The first-order chi connectivity index (χ1) is 13.5. The van der Waals surface area contributed by atoms with E-state index < -0.39 is 4.92 Å². The van der Waals surface area contributed by atoms with Gasteiger partial charge in [-0.05, 0) is 58.6 Å². The zero-order chi connectivity index (χ0) is 19.7. The number of likely N-dealkylation sites (tertiary alicyclic amines) is 1. The van der Waals surface area contributed by atoms with Crippen molar-refractivity contribution in [2.45, 2.75) is 25.3 Å². The van der Waals surface area contributed by atoms with Crippen LogP contribution in [-0.2, 0) is 0 Å². The number of halogens is 1. The number of hydrogen-bond donors (Lipinski definition) is 0.